The Morgan fingerprint density at radius 2 is 1.69 bits per heavy atom. The second-order valence-corrected chi connectivity index (χ2v) is 8.75. The molecule has 35 heavy (non-hydrogen) atoms. The molecule has 9 heteroatoms. The van der Waals surface area contributed by atoms with Crippen molar-refractivity contribution < 1.29 is 24.4 Å². The summed E-state index contributed by atoms with van der Waals surface area (Å²) in [7, 11) is 0. The maximum atomic E-state index is 13.9. The summed E-state index contributed by atoms with van der Waals surface area (Å²) in [5, 5.41) is 25.0. The number of aliphatic carboxylic acids is 1. The molecule has 2 aliphatic heterocycles. The van der Waals surface area contributed by atoms with E-state index in [-0.39, 0.29) is 11.4 Å². The minimum Gasteiger partial charge on any atom is -0.480 e. The zero-order valence-electron chi connectivity index (χ0n) is 18.6. The molecule has 0 saturated carbocycles. The van der Waals surface area contributed by atoms with Crippen LogP contribution in [0.5, 0.6) is 0 Å². The lowest BCUT2D eigenvalue weighted by molar-refractivity contribution is -0.384. The lowest BCUT2D eigenvalue weighted by atomic mass is 9.75. The van der Waals surface area contributed by atoms with Crippen molar-refractivity contribution in [2.24, 2.45) is 11.8 Å². The number of nitro benzene ring substituents is 1. The van der Waals surface area contributed by atoms with Crippen LogP contribution in [0.2, 0.25) is 0 Å². The van der Waals surface area contributed by atoms with E-state index in [2.05, 4.69) is 5.32 Å². The number of nitrogens with one attached hydrogen (secondary N) is 1. The molecule has 5 rings (SSSR count). The SMILES string of the molecule is Cc1ccccc1C1NC(C(=O)O)(c2ccccc2)C2C(=O)N(c3cccc([N+](=O)[O-])c3)C(=O)C12. The summed E-state index contributed by atoms with van der Waals surface area (Å²) in [5.41, 5.74) is -0.210. The van der Waals surface area contributed by atoms with E-state index in [1.54, 1.807) is 42.5 Å². The predicted octanol–water partition coefficient (Wildman–Crippen LogP) is 3.33. The highest BCUT2D eigenvalue weighted by Crippen LogP contribution is 2.54. The summed E-state index contributed by atoms with van der Waals surface area (Å²) in [4.78, 5) is 52.2. The molecule has 9 nitrogen and oxygen atoms in total. The van der Waals surface area contributed by atoms with Gasteiger partial charge in [-0.25, -0.2) is 9.69 Å². The van der Waals surface area contributed by atoms with Crippen LogP contribution in [0.3, 0.4) is 0 Å². The van der Waals surface area contributed by atoms with Gasteiger partial charge in [-0.2, -0.15) is 0 Å². The molecule has 2 N–H and O–H groups in total. The van der Waals surface area contributed by atoms with E-state index in [0.29, 0.717) is 11.1 Å². The Morgan fingerprint density at radius 1 is 1.00 bits per heavy atom. The number of anilines is 1. The number of carbonyl (C=O) groups excluding carboxylic acids is 2. The maximum Gasteiger partial charge on any atom is 0.329 e. The number of hydrogen-bond acceptors (Lipinski definition) is 6. The normalized spacial score (nSPS) is 25.5. The highest BCUT2D eigenvalue weighted by atomic mass is 16.6. The molecule has 0 aliphatic carbocycles. The number of carboxylic acid groups (broad SMARTS) is 1. The minimum atomic E-state index is -1.87. The van der Waals surface area contributed by atoms with E-state index in [9.17, 15) is 29.6 Å². The van der Waals surface area contributed by atoms with Gasteiger partial charge in [-0.15, -0.1) is 0 Å². The molecular formula is C26H21N3O6. The average Bonchev–Trinajstić information content (AvgIpc) is 3.34. The fourth-order valence-corrected chi connectivity index (χ4v) is 5.40. The number of nitro groups is 1. The van der Waals surface area contributed by atoms with Gasteiger partial charge in [0.2, 0.25) is 11.8 Å². The molecule has 0 bridgehead atoms. The van der Waals surface area contributed by atoms with Crippen LogP contribution >= 0.6 is 0 Å². The fraction of sp³-hybridized carbons (Fsp3) is 0.192. The van der Waals surface area contributed by atoms with Gasteiger partial charge in [0.25, 0.3) is 5.69 Å². The third kappa shape index (κ3) is 3.23. The fourth-order valence-electron chi connectivity index (χ4n) is 5.40. The molecule has 0 spiro atoms. The third-order valence-electron chi connectivity index (χ3n) is 6.95. The summed E-state index contributed by atoms with van der Waals surface area (Å²) >= 11 is 0. The lowest BCUT2D eigenvalue weighted by Gasteiger charge is -2.31. The summed E-state index contributed by atoms with van der Waals surface area (Å²) in [6.45, 7) is 1.86. The second kappa shape index (κ2) is 8.14. The number of imide groups is 1. The van der Waals surface area contributed by atoms with Crippen molar-refractivity contribution in [1.29, 1.82) is 0 Å². The Kier molecular flexibility index (Phi) is 5.21. The Hall–Kier alpha value is -4.37. The van der Waals surface area contributed by atoms with Gasteiger partial charge in [0, 0.05) is 18.2 Å². The number of rotatable bonds is 5. The molecule has 2 saturated heterocycles. The number of fused-ring (bicyclic) bond motifs is 1. The molecule has 2 aliphatic rings. The van der Waals surface area contributed by atoms with Gasteiger partial charge in [0.1, 0.15) is 0 Å². The number of aryl methyl sites for hydroxylation is 1. The number of benzene rings is 3. The van der Waals surface area contributed by atoms with Gasteiger partial charge in [-0.05, 0) is 29.7 Å². The molecule has 4 atom stereocenters. The van der Waals surface area contributed by atoms with E-state index in [1.807, 2.05) is 19.1 Å². The van der Waals surface area contributed by atoms with Crippen LogP contribution < -0.4 is 10.2 Å². The molecule has 2 amide bonds. The van der Waals surface area contributed by atoms with Crippen LogP contribution in [0.25, 0.3) is 0 Å². The minimum absolute atomic E-state index is 0.0412. The van der Waals surface area contributed by atoms with Crippen molar-refractivity contribution in [3.63, 3.8) is 0 Å². The second-order valence-electron chi connectivity index (χ2n) is 8.75. The molecule has 4 unspecified atom stereocenters. The van der Waals surface area contributed by atoms with Crippen molar-refractivity contribution >= 4 is 29.2 Å². The van der Waals surface area contributed by atoms with Crippen molar-refractivity contribution in [2.45, 2.75) is 18.5 Å². The summed E-state index contributed by atoms with van der Waals surface area (Å²) in [6.07, 6.45) is 0. The first-order valence-electron chi connectivity index (χ1n) is 11.0. The lowest BCUT2D eigenvalue weighted by Crippen LogP contribution is -2.53. The zero-order valence-corrected chi connectivity index (χ0v) is 18.6. The van der Waals surface area contributed by atoms with E-state index < -0.39 is 46.1 Å². The number of nitrogens with zero attached hydrogens (tertiary/aromatic N) is 2. The first kappa shape index (κ1) is 22.4. The van der Waals surface area contributed by atoms with Gasteiger partial charge in [0.05, 0.1) is 22.4 Å². The van der Waals surface area contributed by atoms with E-state index in [1.165, 1.54) is 18.2 Å². The molecule has 3 aromatic rings. The van der Waals surface area contributed by atoms with Crippen LogP contribution in [-0.2, 0) is 19.9 Å². The summed E-state index contributed by atoms with van der Waals surface area (Å²) in [5.74, 6) is -4.88. The number of non-ortho nitro benzene ring substituents is 1. The molecule has 2 fully saturated rings. The van der Waals surface area contributed by atoms with Gasteiger partial charge in [0.15, 0.2) is 5.54 Å². The van der Waals surface area contributed by atoms with E-state index >= 15 is 0 Å². The predicted molar refractivity (Wildman–Crippen MR) is 125 cm³/mol. The molecule has 3 aromatic carbocycles. The highest BCUT2D eigenvalue weighted by Gasteiger charge is 2.69. The molecule has 176 valence electrons. The van der Waals surface area contributed by atoms with Crippen LogP contribution in [-0.4, -0.2) is 27.8 Å². The standard InChI is InChI=1S/C26H21N3O6/c1-15-8-5-6-13-19(15)22-20-21(26(27-22,25(32)33)16-9-3-2-4-10-16)24(31)28(23(20)30)17-11-7-12-18(14-17)29(34)35/h2-14,20-22,27H,1H3,(H,32,33). The first-order chi connectivity index (χ1) is 16.8. The number of carbonyl (C=O) groups is 3. The van der Waals surface area contributed by atoms with E-state index in [0.717, 1.165) is 16.5 Å². The first-order valence-corrected chi connectivity index (χ1v) is 11.0. The molecule has 0 radical (unpaired) electrons. The quantitative estimate of drug-likeness (QED) is 0.332. The number of amides is 2. The van der Waals surface area contributed by atoms with Crippen LogP contribution in [0.15, 0.2) is 78.9 Å². The van der Waals surface area contributed by atoms with Crippen molar-refractivity contribution in [1.82, 2.24) is 5.32 Å². The topological polar surface area (TPSA) is 130 Å². The van der Waals surface area contributed by atoms with E-state index in [4.69, 9.17) is 0 Å². The smallest absolute Gasteiger partial charge is 0.329 e. The maximum absolute atomic E-state index is 13.9. The number of carboxylic acids is 1. The zero-order chi connectivity index (χ0) is 24.9. The monoisotopic (exact) mass is 471 g/mol. The van der Waals surface area contributed by atoms with Crippen LogP contribution in [0.1, 0.15) is 22.7 Å². The van der Waals surface area contributed by atoms with Crippen LogP contribution in [0.4, 0.5) is 11.4 Å². The third-order valence-corrected chi connectivity index (χ3v) is 6.95. The largest absolute Gasteiger partial charge is 0.480 e. The van der Waals surface area contributed by atoms with Gasteiger partial charge >= 0.3 is 5.97 Å². The van der Waals surface area contributed by atoms with Crippen molar-refractivity contribution in [2.75, 3.05) is 4.90 Å². The summed E-state index contributed by atoms with van der Waals surface area (Å²) in [6, 6.07) is 20.1. The van der Waals surface area contributed by atoms with Crippen molar-refractivity contribution in [3.05, 3.63) is 106 Å². The van der Waals surface area contributed by atoms with Gasteiger partial charge < -0.3 is 5.11 Å². The van der Waals surface area contributed by atoms with Crippen LogP contribution in [0, 0.1) is 28.9 Å². The molecule has 2 heterocycles. The van der Waals surface area contributed by atoms with Gasteiger partial charge in [-0.3, -0.25) is 25.0 Å². The Labute approximate surface area is 200 Å². The Morgan fingerprint density at radius 3 is 2.34 bits per heavy atom. The Bertz CT molecular complexity index is 1370. The molecular weight excluding hydrogens is 450 g/mol. The average molecular weight is 471 g/mol. The van der Waals surface area contributed by atoms with Gasteiger partial charge in [-0.1, -0.05) is 60.7 Å². The highest BCUT2D eigenvalue weighted by molar-refractivity contribution is 6.24. The number of hydrogen-bond donors (Lipinski definition) is 2. The summed E-state index contributed by atoms with van der Waals surface area (Å²) < 4.78 is 0. The Balaban J connectivity index is 1.73. The molecule has 0 aromatic heterocycles. The van der Waals surface area contributed by atoms with Crippen molar-refractivity contribution in [3.8, 4) is 0 Å².